The molecule has 0 bridgehead atoms. The lowest BCUT2D eigenvalue weighted by Crippen LogP contribution is -2.54. The van der Waals surface area contributed by atoms with Gasteiger partial charge in [0.2, 0.25) is 11.8 Å². The van der Waals surface area contributed by atoms with Crippen LogP contribution in [-0.2, 0) is 22.6 Å². The zero-order valence-electron chi connectivity index (χ0n) is 32.4. The van der Waals surface area contributed by atoms with Crippen LogP contribution in [0.4, 0.5) is 11.4 Å². The highest BCUT2D eigenvalue weighted by Gasteiger charge is 2.45. The molecule has 16 nitrogen and oxygen atoms in total. The fourth-order valence-electron chi connectivity index (χ4n) is 8.45. The van der Waals surface area contributed by atoms with Crippen LogP contribution in [0.2, 0.25) is 0 Å². The molecule has 4 aliphatic heterocycles. The van der Waals surface area contributed by atoms with Gasteiger partial charge < -0.3 is 15.2 Å². The number of aryl methyl sites for hydroxylation is 1. The Morgan fingerprint density at radius 1 is 0.881 bits per heavy atom. The first kappa shape index (κ1) is 37.7. The van der Waals surface area contributed by atoms with Gasteiger partial charge in [-0.05, 0) is 85.2 Å². The van der Waals surface area contributed by atoms with Crippen molar-refractivity contribution in [1.82, 2.24) is 39.8 Å². The molecule has 0 saturated carbocycles. The van der Waals surface area contributed by atoms with Crippen LogP contribution in [0.25, 0.3) is 16.6 Å². The number of fused-ring (bicyclic) bond motifs is 2. The fraction of sp³-hybridized carbons (Fsp3) is 0.326. The zero-order chi connectivity index (χ0) is 40.8. The van der Waals surface area contributed by atoms with Crippen LogP contribution in [0, 0.1) is 0 Å². The molecule has 3 N–H and O–H groups in total. The average Bonchev–Trinajstić information content (AvgIpc) is 3.82. The van der Waals surface area contributed by atoms with Gasteiger partial charge in [0.1, 0.15) is 11.7 Å². The second kappa shape index (κ2) is 15.5. The summed E-state index contributed by atoms with van der Waals surface area (Å²) in [6.45, 7) is 5.64. The van der Waals surface area contributed by atoms with Gasteiger partial charge in [0, 0.05) is 69.0 Å². The minimum atomic E-state index is -1.00. The number of amides is 5. The van der Waals surface area contributed by atoms with E-state index in [2.05, 4.69) is 46.6 Å². The minimum absolute atomic E-state index is 0.0661. The Labute approximate surface area is 338 Å². The maximum atomic E-state index is 13.3. The summed E-state index contributed by atoms with van der Waals surface area (Å²) in [5.74, 6) is -2.42. The Kier molecular flexibility index (Phi) is 9.92. The lowest BCUT2D eigenvalue weighted by atomic mass is 10.0. The van der Waals surface area contributed by atoms with E-state index in [0.29, 0.717) is 30.9 Å². The van der Waals surface area contributed by atoms with Crippen molar-refractivity contribution in [1.29, 1.82) is 0 Å². The van der Waals surface area contributed by atoms with Crippen molar-refractivity contribution >= 4 is 57.5 Å². The first-order valence-electron chi connectivity index (χ1n) is 20.0. The SMILES string of the molecule is CCc1cc2ncc(CN3CC=C(c4ccc(C(=O)Nc5cnn(C6CCN(c7ccc8c(c7)C(=O)N(C7CCC(=O)NC7=O)C8=O)CC6)c5)nc4)CC3)cc2[nH]c1=O. The Balaban J connectivity index is 0.763. The Morgan fingerprint density at radius 2 is 1.71 bits per heavy atom. The van der Waals surface area contributed by atoms with Crippen LogP contribution in [0.3, 0.4) is 0 Å². The number of rotatable bonds is 9. The number of nitrogens with zero attached hydrogens (tertiary/aromatic N) is 7. The first-order chi connectivity index (χ1) is 28.6. The summed E-state index contributed by atoms with van der Waals surface area (Å²) in [7, 11) is 0. The zero-order valence-corrected chi connectivity index (χ0v) is 32.4. The number of aromatic amines is 1. The van der Waals surface area contributed by atoms with E-state index >= 15 is 0 Å². The third-order valence-corrected chi connectivity index (χ3v) is 11.8. The van der Waals surface area contributed by atoms with Crippen LogP contribution >= 0.6 is 0 Å². The highest BCUT2D eigenvalue weighted by Crippen LogP contribution is 2.33. The van der Waals surface area contributed by atoms with E-state index in [0.717, 1.165) is 77.2 Å². The van der Waals surface area contributed by atoms with Gasteiger partial charge in [-0.2, -0.15) is 5.10 Å². The molecule has 1 aromatic carbocycles. The molecule has 0 aliphatic carbocycles. The molecular formula is C43H42N10O6. The van der Waals surface area contributed by atoms with E-state index in [9.17, 15) is 28.8 Å². The highest BCUT2D eigenvalue weighted by molar-refractivity contribution is 6.23. The van der Waals surface area contributed by atoms with Crippen LogP contribution < -0.4 is 21.1 Å². The number of imide groups is 2. The lowest BCUT2D eigenvalue weighted by Gasteiger charge is -2.33. The molecular weight excluding hydrogens is 753 g/mol. The van der Waals surface area contributed by atoms with E-state index in [1.54, 1.807) is 30.6 Å². The maximum absolute atomic E-state index is 13.3. The fourth-order valence-corrected chi connectivity index (χ4v) is 8.45. The Bertz CT molecular complexity index is 2620. The third kappa shape index (κ3) is 7.42. The molecule has 16 heteroatoms. The molecule has 2 fully saturated rings. The topological polar surface area (TPSA) is 196 Å². The van der Waals surface area contributed by atoms with Gasteiger partial charge >= 0.3 is 0 Å². The molecule has 0 spiro atoms. The van der Waals surface area contributed by atoms with Gasteiger partial charge in [-0.3, -0.25) is 58.5 Å². The summed E-state index contributed by atoms with van der Waals surface area (Å²) >= 11 is 0. The summed E-state index contributed by atoms with van der Waals surface area (Å²) in [5.41, 5.74) is 7.59. The number of pyridine rings is 3. The van der Waals surface area contributed by atoms with E-state index < -0.39 is 29.7 Å². The molecule has 8 heterocycles. The van der Waals surface area contributed by atoms with E-state index in [-0.39, 0.29) is 41.5 Å². The normalized spacial score (nSPS) is 18.9. The van der Waals surface area contributed by atoms with Crippen molar-refractivity contribution in [3.05, 3.63) is 117 Å². The van der Waals surface area contributed by atoms with Crippen LogP contribution in [0.1, 0.15) is 93.0 Å². The average molecular weight is 795 g/mol. The smallest absolute Gasteiger partial charge is 0.274 e. The van der Waals surface area contributed by atoms with E-state index in [4.69, 9.17) is 0 Å². The Hall–Kier alpha value is -6.81. The van der Waals surface area contributed by atoms with Crippen LogP contribution in [0.15, 0.2) is 78.1 Å². The molecule has 300 valence electrons. The Morgan fingerprint density at radius 3 is 2.46 bits per heavy atom. The number of benzene rings is 1. The summed E-state index contributed by atoms with van der Waals surface area (Å²) in [4.78, 5) is 93.4. The number of anilines is 2. The number of hydrogen-bond donors (Lipinski definition) is 3. The van der Waals surface area contributed by atoms with Crippen molar-refractivity contribution in [3.63, 3.8) is 0 Å². The van der Waals surface area contributed by atoms with Crippen LogP contribution in [0.5, 0.6) is 0 Å². The number of nitrogens with one attached hydrogen (secondary N) is 3. The minimum Gasteiger partial charge on any atom is -0.371 e. The second-order valence-corrected chi connectivity index (χ2v) is 15.5. The molecule has 59 heavy (non-hydrogen) atoms. The third-order valence-electron chi connectivity index (χ3n) is 11.8. The van der Waals surface area contributed by atoms with E-state index in [1.807, 2.05) is 48.3 Å². The maximum Gasteiger partial charge on any atom is 0.274 e. The van der Waals surface area contributed by atoms with Gasteiger partial charge in [-0.1, -0.05) is 19.1 Å². The quantitative estimate of drug-likeness (QED) is 0.183. The van der Waals surface area contributed by atoms with Crippen molar-refractivity contribution < 1.29 is 24.0 Å². The monoisotopic (exact) mass is 794 g/mol. The standard InChI is InChI=1S/C43H42N10O6/c1-2-26-18-35-36(48-39(26)55)17-25(20-44-35)23-50-13-9-27(10-14-50)28-3-6-34(45-21-28)40(56)47-29-22-46-52(24-29)30-11-15-51(16-12-30)31-4-5-32-33(19-31)43(59)53(42(32)58)37-7-8-38(54)49-41(37)57/h3-6,9,17-22,24,30,37H,2,7-8,10-16,23H2,1H3,(H,47,56)(H,48,55)(H,49,54,57). The number of carbonyl (C=O) groups excluding carboxylic acids is 5. The van der Waals surface area contributed by atoms with Gasteiger partial charge in [0.15, 0.2) is 0 Å². The summed E-state index contributed by atoms with van der Waals surface area (Å²) in [5, 5.41) is 9.68. The van der Waals surface area contributed by atoms with Gasteiger partial charge in [-0.15, -0.1) is 0 Å². The highest BCUT2D eigenvalue weighted by atomic mass is 16.2. The molecule has 5 amide bonds. The van der Waals surface area contributed by atoms with Crippen molar-refractivity contribution in [2.45, 2.75) is 64.1 Å². The number of aromatic nitrogens is 5. The molecule has 5 aromatic rings. The number of H-pyrrole nitrogens is 1. The number of piperidine rings is 2. The van der Waals surface area contributed by atoms with Crippen molar-refractivity contribution in [2.75, 3.05) is 36.4 Å². The number of carbonyl (C=O) groups is 5. The molecule has 1 atom stereocenters. The lowest BCUT2D eigenvalue weighted by molar-refractivity contribution is -0.136. The van der Waals surface area contributed by atoms with Gasteiger partial charge in [0.25, 0.3) is 23.3 Å². The summed E-state index contributed by atoms with van der Waals surface area (Å²) < 4.78 is 1.87. The van der Waals surface area contributed by atoms with Gasteiger partial charge in [-0.25, -0.2) is 0 Å². The second-order valence-electron chi connectivity index (χ2n) is 15.5. The van der Waals surface area contributed by atoms with Crippen molar-refractivity contribution in [3.8, 4) is 0 Å². The van der Waals surface area contributed by atoms with E-state index in [1.165, 1.54) is 5.57 Å². The summed E-state index contributed by atoms with van der Waals surface area (Å²) in [6, 6.07) is 11.8. The van der Waals surface area contributed by atoms with Crippen LogP contribution in [-0.4, -0.2) is 96.3 Å². The molecule has 4 aliphatic rings. The molecule has 2 saturated heterocycles. The predicted molar refractivity (Wildman–Crippen MR) is 218 cm³/mol. The van der Waals surface area contributed by atoms with Gasteiger partial charge in [0.05, 0.1) is 40.1 Å². The molecule has 9 rings (SSSR count). The molecule has 1 unspecified atom stereocenters. The molecule has 0 radical (unpaired) electrons. The predicted octanol–water partition coefficient (Wildman–Crippen LogP) is 3.86. The van der Waals surface area contributed by atoms with Crippen molar-refractivity contribution in [2.24, 2.45) is 0 Å². The number of hydrogen-bond acceptors (Lipinski definition) is 11. The largest absolute Gasteiger partial charge is 0.371 e. The molecule has 4 aromatic heterocycles. The summed E-state index contributed by atoms with van der Waals surface area (Å²) in [6.07, 6.45) is 12.5. The first-order valence-corrected chi connectivity index (χ1v) is 20.0.